The first-order valence-corrected chi connectivity index (χ1v) is 7.24. The number of hydrogen-bond donors (Lipinski definition) is 1. The summed E-state index contributed by atoms with van der Waals surface area (Å²) in [4.78, 5) is 37.1. The molecule has 1 saturated heterocycles. The first-order valence-electron chi connectivity index (χ1n) is 7.24. The van der Waals surface area contributed by atoms with Crippen LogP contribution in [0, 0.1) is 5.92 Å². The molecule has 0 aromatic heterocycles. The van der Waals surface area contributed by atoms with Crippen LogP contribution in [0.3, 0.4) is 0 Å². The molecule has 1 aliphatic heterocycles. The molecule has 21 heavy (non-hydrogen) atoms. The monoisotopic (exact) mass is 288 g/mol. The highest BCUT2D eigenvalue weighted by Crippen LogP contribution is 2.27. The maximum atomic E-state index is 12.5. The SMILES string of the molecule is CCC(=O)C1CCCN(c2cccc(NC(C)=O)c2)C1=O. The largest absolute Gasteiger partial charge is 0.326 e. The second kappa shape index (κ2) is 6.52. The number of anilines is 2. The van der Waals surface area contributed by atoms with Gasteiger partial charge in [-0.05, 0) is 31.0 Å². The van der Waals surface area contributed by atoms with E-state index in [0.717, 1.165) is 12.1 Å². The lowest BCUT2D eigenvalue weighted by atomic mass is 9.91. The number of nitrogens with one attached hydrogen (secondary N) is 1. The molecule has 0 aliphatic carbocycles. The van der Waals surface area contributed by atoms with E-state index in [1.165, 1.54) is 6.92 Å². The highest BCUT2D eigenvalue weighted by atomic mass is 16.2. The van der Waals surface area contributed by atoms with Crippen molar-refractivity contribution in [3.8, 4) is 0 Å². The quantitative estimate of drug-likeness (QED) is 0.865. The summed E-state index contributed by atoms with van der Waals surface area (Å²) < 4.78 is 0. The number of piperidine rings is 1. The van der Waals surface area contributed by atoms with E-state index in [1.54, 1.807) is 30.0 Å². The van der Waals surface area contributed by atoms with Gasteiger partial charge in [0.15, 0.2) is 0 Å². The minimum atomic E-state index is -0.520. The van der Waals surface area contributed by atoms with Crippen LogP contribution in [0.1, 0.15) is 33.1 Å². The Labute approximate surface area is 124 Å². The fourth-order valence-electron chi connectivity index (χ4n) is 2.63. The Bertz CT molecular complexity index is 568. The van der Waals surface area contributed by atoms with Crippen LogP contribution in [0.25, 0.3) is 0 Å². The van der Waals surface area contributed by atoms with Crippen molar-refractivity contribution in [1.29, 1.82) is 0 Å². The van der Waals surface area contributed by atoms with E-state index in [9.17, 15) is 14.4 Å². The lowest BCUT2D eigenvalue weighted by Crippen LogP contribution is -2.44. The van der Waals surface area contributed by atoms with Gasteiger partial charge < -0.3 is 10.2 Å². The Balaban J connectivity index is 2.22. The van der Waals surface area contributed by atoms with Crippen molar-refractivity contribution in [3.05, 3.63) is 24.3 Å². The molecule has 1 aromatic carbocycles. The summed E-state index contributed by atoms with van der Waals surface area (Å²) in [7, 11) is 0. The van der Waals surface area contributed by atoms with Gasteiger partial charge in [0.2, 0.25) is 11.8 Å². The summed E-state index contributed by atoms with van der Waals surface area (Å²) in [5.41, 5.74) is 1.37. The molecule has 0 bridgehead atoms. The van der Waals surface area contributed by atoms with Gasteiger partial charge in [0, 0.05) is 31.3 Å². The minimum absolute atomic E-state index is 0.00251. The third kappa shape index (κ3) is 3.48. The molecule has 2 amide bonds. The van der Waals surface area contributed by atoms with Crippen LogP contribution in [0.2, 0.25) is 0 Å². The van der Waals surface area contributed by atoms with Gasteiger partial charge in [-0.2, -0.15) is 0 Å². The van der Waals surface area contributed by atoms with Crippen LogP contribution < -0.4 is 10.2 Å². The molecule has 112 valence electrons. The Morgan fingerprint density at radius 1 is 1.38 bits per heavy atom. The fourth-order valence-corrected chi connectivity index (χ4v) is 2.63. The molecule has 0 radical (unpaired) electrons. The van der Waals surface area contributed by atoms with Crippen LogP contribution >= 0.6 is 0 Å². The maximum Gasteiger partial charge on any atom is 0.237 e. The van der Waals surface area contributed by atoms with Gasteiger partial charge in [-0.25, -0.2) is 0 Å². The Morgan fingerprint density at radius 2 is 2.14 bits per heavy atom. The van der Waals surface area contributed by atoms with Crippen molar-refractivity contribution >= 4 is 29.0 Å². The highest BCUT2D eigenvalue weighted by Gasteiger charge is 2.33. The maximum absolute atomic E-state index is 12.5. The van der Waals surface area contributed by atoms with Gasteiger partial charge in [-0.1, -0.05) is 13.0 Å². The van der Waals surface area contributed by atoms with Crippen molar-refractivity contribution < 1.29 is 14.4 Å². The number of benzene rings is 1. The minimum Gasteiger partial charge on any atom is -0.326 e. The second-order valence-electron chi connectivity index (χ2n) is 5.24. The molecular formula is C16H20N2O3. The molecule has 1 aromatic rings. The molecule has 1 unspecified atom stereocenters. The smallest absolute Gasteiger partial charge is 0.237 e. The van der Waals surface area contributed by atoms with Gasteiger partial charge in [0.05, 0.1) is 5.92 Å². The first-order chi connectivity index (χ1) is 10.0. The van der Waals surface area contributed by atoms with Crippen LogP contribution in [0.4, 0.5) is 11.4 Å². The van der Waals surface area contributed by atoms with Crippen LogP contribution in [0.5, 0.6) is 0 Å². The molecule has 0 spiro atoms. The number of carbonyl (C=O) groups is 3. The number of nitrogens with zero attached hydrogens (tertiary/aromatic N) is 1. The van der Waals surface area contributed by atoms with E-state index in [2.05, 4.69) is 5.32 Å². The predicted octanol–water partition coefficient (Wildman–Crippen LogP) is 2.37. The summed E-state index contributed by atoms with van der Waals surface area (Å²) in [5.74, 6) is -0.805. The van der Waals surface area contributed by atoms with Crippen molar-refractivity contribution in [3.63, 3.8) is 0 Å². The zero-order valence-electron chi connectivity index (χ0n) is 12.4. The molecule has 1 heterocycles. The molecule has 5 heteroatoms. The first kappa shape index (κ1) is 15.2. The lowest BCUT2D eigenvalue weighted by Gasteiger charge is -2.31. The zero-order valence-corrected chi connectivity index (χ0v) is 12.4. The van der Waals surface area contributed by atoms with E-state index in [1.807, 2.05) is 6.07 Å². The topological polar surface area (TPSA) is 66.5 Å². The molecule has 2 rings (SSSR count). The molecule has 1 fully saturated rings. The van der Waals surface area contributed by atoms with Crippen LogP contribution in [-0.2, 0) is 14.4 Å². The Kier molecular flexibility index (Phi) is 4.73. The Hall–Kier alpha value is -2.17. The highest BCUT2D eigenvalue weighted by molar-refractivity contribution is 6.09. The third-order valence-corrected chi connectivity index (χ3v) is 3.65. The van der Waals surface area contributed by atoms with Gasteiger partial charge in [0.1, 0.15) is 5.78 Å². The summed E-state index contributed by atoms with van der Waals surface area (Å²) >= 11 is 0. The van der Waals surface area contributed by atoms with Crippen molar-refractivity contribution in [2.24, 2.45) is 5.92 Å². The second-order valence-corrected chi connectivity index (χ2v) is 5.24. The summed E-state index contributed by atoms with van der Waals surface area (Å²) in [6.45, 7) is 3.83. The average molecular weight is 288 g/mol. The third-order valence-electron chi connectivity index (χ3n) is 3.65. The zero-order chi connectivity index (χ0) is 15.4. The molecule has 1 atom stereocenters. The summed E-state index contributed by atoms with van der Waals surface area (Å²) in [6, 6.07) is 7.15. The average Bonchev–Trinajstić information content (AvgIpc) is 2.46. The van der Waals surface area contributed by atoms with E-state index in [0.29, 0.717) is 25.1 Å². The van der Waals surface area contributed by atoms with E-state index >= 15 is 0 Å². The van der Waals surface area contributed by atoms with Gasteiger partial charge >= 0.3 is 0 Å². The number of hydrogen-bond acceptors (Lipinski definition) is 3. The molecule has 1 aliphatic rings. The number of rotatable bonds is 4. The lowest BCUT2D eigenvalue weighted by molar-refractivity contribution is -0.133. The van der Waals surface area contributed by atoms with Crippen molar-refractivity contribution in [1.82, 2.24) is 0 Å². The summed E-state index contributed by atoms with van der Waals surface area (Å²) in [6.07, 6.45) is 1.83. The molecule has 5 nitrogen and oxygen atoms in total. The fraction of sp³-hybridized carbons (Fsp3) is 0.438. The van der Waals surface area contributed by atoms with Crippen molar-refractivity contribution in [2.45, 2.75) is 33.1 Å². The predicted molar refractivity (Wildman–Crippen MR) is 81.1 cm³/mol. The van der Waals surface area contributed by atoms with Crippen molar-refractivity contribution in [2.75, 3.05) is 16.8 Å². The molecular weight excluding hydrogens is 268 g/mol. The normalized spacial score (nSPS) is 18.5. The van der Waals surface area contributed by atoms with Gasteiger partial charge in [-0.15, -0.1) is 0 Å². The van der Waals surface area contributed by atoms with Crippen LogP contribution in [0.15, 0.2) is 24.3 Å². The van der Waals surface area contributed by atoms with E-state index < -0.39 is 5.92 Å². The summed E-state index contributed by atoms with van der Waals surface area (Å²) in [5, 5.41) is 2.70. The number of amides is 2. The van der Waals surface area contributed by atoms with Gasteiger partial charge in [-0.3, -0.25) is 14.4 Å². The van der Waals surface area contributed by atoms with Crippen LogP contribution in [-0.4, -0.2) is 24.1 Å². The molecule has 0 saturated carbocycles. The number of carbonyl (C=O) groups excluding carboxylic acids is 3. The van der Waals surface area contributed by atoms with E-state index in [-0.39, 0.29) is 17.6 Å². The number of Topliss-reactive ketones (excluding diaryl/α,β-unsaturated/α-hetero) is 1. The standard InChI is InChI=1S/C16H20N2O3/c1-3-15(20)14-8-5-9-18(16(14)21)13-7-4-6-12(10-13)17-11(2)19/h4,6-7,10,14H,3,5,8-9H2,1-2H3,(H,17,19). The number of ketones is 1. The van der Waals surface area contributed by atoms with E-state index in [4.69, 9.17) is 0 Å². The van der Waals surface area contributed by atoms with Gasteiger partial charge in [0.25, 0.3) is 0 Å². The Morgan fingerprint density at radius 3 is 2.81 bits per heavy atom. The molecule has 1 N–H and O–H groups in total.